The number of benzene rings is 1. The Labute approximate surface area is 193 Å². The molecule has 1 aromatic rings. The van der Waals surface area contributed by atoms with E-state index in [1.165, 1.54) is 4.90 Å². The van der Waals surface area contributed by atoms with Gasteiger partial charge in [-0.2, -0.15) is 0 Å². The van der Waals surface area contributed by atoms with Crippen molar-refractivity contribution < 1.29 is 27.9 Å². The quantitative estimate of drug-likeness (QED) is 0.737. The number of likely N-dealkylation sites (tertiary alicyclic amines) is 2. The summed E-state index contributed by atoms with van der Waals surface area (Å²) in [7, 11) is 0. The topological polar surface area (TPSA) is 79.0 Å². The van der Waals surface area contributed by atoms with Crippen molar-refractivity contribution in [2.45, 2.75) is 52.1 Å². The maximum atomic E-state index is 13.9. The molecule has 7 nitrogen and oxygen atoms in total. The van der Waals surface area contributed by atoms with Crippen LogP contribution in [0.3, 0.4) is 0 Å². The highest BCUT2D eigenvalue weighted by molar-refractivity contribution is 5.94. The molecule has 0 bridgehead atoms. The van der Waals surface area contributed by atoms with Crippen LogP contribution in [0.15, 0.2) is 18.2 Å². The molecule has 33 heavy (non-hydrogen) atoms. The van der Waals surface area contributed by atoms with Gasteiger partial charge in [0.2, 0.25) is 5.91 Å². The highest BCUT2D eigenvalue weighted by Crippen LogP contribution is 2.25. The summed E-state index contributed by atoms with van der Waals surface area (Å²) in [5.41, 5.74) is -0.684. The first-order chi connectivity index (χ1) is 15.5. The summed E-state index contributed by atoms with van der Waals surface area (Å²) in [6.45, 7) is 7.98. The van der Waals surface area contributed by atoms with Crippen LogP contribution < -0.4 is 5.32 Å². The molecule has 0 aromatic heterocycles. The fraction of sp³-hybridized carbons (Fsp3) is 0.625. The van der Waals surface area contributed by atoms with Gasteiger partial charge in [-0.3, -0.25) is 9.59 Å². The third-order valence-corrected chi connectivity index (χ3v) is 6.15. The molecular weight excluding hydrogens is 432 g/mol. The van der Waals surface area contributed by atoms with E-state index in [0.717, 1.165) is 25.0 Å². The Kier molecular flexibility index (Phi) is 7.92. The Morgan fingerprint density at radius 1 is 1.00 bits per heavy atom. The molecule has 0 spiro atoms. The van der Waals surface area contributed by atoms with Crippen molar-refractivity contribution in [2.75, 3.05) is 32.7 Å². The zero-order valence-corrected chi connectivity index (χ0v) is 19.5. The molecule has 0 atom stereocenters. The Morgan fingerprint density at radius 2 is 1.61 bits per heavy atom. The third-order valence-electron chi connectivity index (χ3n) is 6.15. The second kappa shape index (κ2) is 10.5. The molecule has 2 aliphatic heterocycles. The molecule has 0 aliphatic carbocycles. The van der Waals surface area contributed by atoms with Crippen LogP contribution >= 0.6 is 0 Å². The van der Waals surface area contributed by atoms with E-state index < -0.39 is 29.2 Å². The van der Waals surface area contributed by atoms with Gasteiger partial charge in [0.1, 0.15) is 17.2 Å². The minimum atomic E-state index is -0.873. The van der Waals surface area contributed by atoms with Crippen molar-refractivity contribution in [1.82, 2.24) is 15.1 Å². The number of amides is 3. The Balaban J connectivity index is 1.41. The predicted octanol–water partition coefficient (Wildman–Crippen LogP) is 3.58. The third kappa shape index (κ3) is 6.88. The summed E-state index contributed by atoms with van der Waals surface area (Å²) in [5, 5.41) is 2.80. The summed E-state index contributed by atoms with van der Waals surface area (Å²) < 4.78 is 32.3. The van der Waals surface area contributed by atoms with Crippen LogP contribution in [0.5, 0.6) is 0 Å². The van der Waals surface area contributed by atoms with Gasteiger partial charge >= 0.3 is 6.09 Å². The maximum Gasteiger partial charge on any atom is 0.407 e. The van der Waals surface area contributed by atoms with Gasteiger partial charge in [-0.25, -0.2) is 13.6 Å². The SMILES string of the molecule is CC(C)(C)OC(=O)NCC1CCN(C(=O)C2CCN(C(=O)c3ccc(F)cc3F)CC2)CC1. The Bertz CT molecular complexity index is 871. The van der Waals surface area contributed by atoms with Crippen molar-refractivity contribution in [3.05, 3.63) is 35.4 Å². The van der Waals surface area contributed by atoms with Crippen LogP contribution in [0, 0.1) is 23.5 Å². The van der Waals surface area contributed by atoms with Gasteiger partial charge < -0.3 is 19.9 Å². The van der Waals surface area contributed by atoms with Crippen molar-refractivity contribution in [3.63, 3.8) is 0 Å². The lowest BCUT2D eigenvalue weighted by Gasteiger charge is -2.37. The first-order valence-electron chi connectivity index (χ1n) is 11.5. The number of carbonyl (C=O) groups excluding carboxylic acids is 3. The van der Waals surface area contributed by atoms with Gasteiger partial charge in [-0.05, 0) is 64.5 Å². The zero-order chi connectivity index (χ0) is 24.2. The van der Waals surface area contributed by atoms with Crippen LogP contribution in [0.4, 0.5) is 13.6 Å². The standard InChI is InChI=1S/C24H33F2N3O4/c1-24(2,3)33-23(32)27-15-16-6-10-28(11-7-16)21(30)17-8-12-29(13-9-17)22(31)19-5-4-18(25)14-20(19)26/h4-5,14,16-17H,6-13,15H2,1-3H3,(H,27,32). The summed E-state index contributed by atoms with van der Waals surface area (Å²) in [6, 6.07) is 2.93. The Hall–Kier alpha value is -2.71. The first-order valence-corrected chi connectivity index (χ1v) is 11.5. The number of hydrogen-bond donors (Lipinski definition) is 1. The van der Waals surface area contributed by atoms with E-state index in [-0.39, 0.29) is 17.4 Å². The minimum absolute atomic E-state index is 0.0913. The molecule has 2 saturated heterocycles. The number of halogens is 2. The smallest absolute Gasteiger partial charge is 0.407 e. The van der Waals surface area contributed by atoms with Gasteiger partial charge in [-0.1, -0.05) is 0 Å². The van der Waals surface area contributed by atoms with Crippen LogP contribution in [-0.2, 0) is 9.53 Å². The largest absolute Gasteiger partial charge is 0.444 e. The molecule has 2 heterocycles. The number of nitrogens with one attached hydrogen (secondary N) is 1. The molecule has 0 unspecified atom stereocenters. The second-order valence-corrected chi connectivity index (χ2v) is 9.84. The number of ether oxygens (including phenoxy) is 1. The molecule has 0 radical (unpaired) electrons. The summed E-state index contributed by atoms with van der Waals surface area (Å²) >= 11 is 0. The van der Waals surface area contributed by atoms with Gasteiger partial charge in [0.05, 0.1) is 5.56 Å². The van der Waals surface area contributed by atoms with E-state index >= 15 is 0 Å². The van der Waals surface area contributed by atoms with Gasteiger partial charge in [0.25, 0.3) is 5.91 Å². The van der Waals surface area contributed by atoms with E-state index in [2.05, 4.69) is 5.32 Å². The van der Waals surface area contributed by atoms with Crippen LogP contribution in [0.2, 0.25) is 0 Å². The fourth-order valence-corrected chi connectivity index (χ4v) is 4.32. The lowest BCUT2D eigenvalue weighted by Crippen LogP contribution is -2.47. The van der Waals surface area contributed by atoms with Crippen LogP contribution in [0.1, 0.15) is 56.8 Å². The average Bonchev–Trinajstić information content (AvgIpc) is 2.76. The second-order valence-electron chi connectivity index (χ2n) is 9.84. The van der Waals surface area contributed by atoms with Crippen LogP contribution in [0.25, 0.3) is 0 Å². The van der Waals surface area contributed by atoms with Crippen molar-refractivity contribution in [1.29, 1.82) is 0 Å². The Morgan fingerprint density at radius 3 is 2.18 bits per heavy atom. The van der Waals surface area contributed by atoms with Gasteiger partial charge in [0.15, 0.2) is 0 Å². The van der Waals surface area contributed by atoms with Crippen molar-refractivity contribution in [2.24, 2.45) is 11.8 Å². The number of piperidine rings is 2. The van der Waals surface area contributed by atoms with Crippen molar-refractivity contribution >= 4 is 17.9 Å². The molecular formula is C24H33F2N3O4. The lowest BCUT2D eigenvalue weighted by atomic mass is 9.91. The monoisotopic (exact) mass is 465 g/mol. The van der Waals surface area contributed by atoms with Crippen molar-refractivity contribution in [3.8, 4) is 0 Å². The summed E-state index contributed by atoms with van der Waals surface area (Å²) in [5.74, 6) is -1.85. The number of hydrogen-bond acceptors (Lipinski definition) is 4. The summed E-state index contributed by atoms with van der Waals surface area (Å²) in [6.07, 6.45) is 2.23. The molecule has 3 rings (SSSR count). The van der Waals surface area contributed by atoms with E-state index in [9.17, 15) is 23.2 Å². The highest BCUT2D eigenvalue weighted by atomic mass is 19.1. The minimum Gasteiger partial charge on any atom is -0.444 e. The molecule has 0 saturated carbocycles. The molecule has 3 amide bonds. The zero-order valence-electron chi connectivity index (χ0n) is 19.5. The first kappa shape index (κ1) is 24.9. The number of alkyl carbamates (subject to hydrolysis) is 1. The molecule has 2 fully saturated rings. The lowest BCUT2D eigenvalue weighted by molar-refractivity contribution is -0.138. The van der Waals surface area contributed by atoms with E-state index in [1.54, 1.807) is 0 Å². The molecule has 182 valence electrons. The maximum absolute atomic E-state index is 13.9. The highest BCUT2D eigenvalue weighted by Gasteiger charge is 2.33. The molecule has 9 heteroatoms. The van der Waals surface area contributed by atoms with E-state index in [1.807, 2.05) is 25.7 Å². The predicted molar refractivity (Wildman–Crippen MR) is 119 cm³/mol. The normalized spacial score (nSPS) is 18.2. The van der Waals surface area contributed by atoms with Gasteiger partial charge in [0, 0.05) is 44.7 Å². The summed E-state index contributed by atoms with van der Waals surface area (Å²) in [4.78, 5) is 40.7. The van der Waals surface area contributed by atoms with E-state index in [0.29, 0.717) is 57.5 Å². The number of carbonyl (C=O) groups is 3. The molecule has 1 aromatic carbocycles. The van der Waals surface area contributed by atoms with Gasteiger partial charge in [-0.15, -0.1) is 0 Å². The molecule has 1 N–H and O–H groups in total. The fourth-order valence-electron chi connectivity index (χ4n) is 4.32. The van der Waals surface area contributed by atoms with Crippen LogP contribution in [-0.4, -0.2) is 66.0 Å². The van der Waals surface area contributed by atoms with E-state index in [4.69, 9.17) is 4.74 Å². The average molecular weight is 466 g/mol. The number of rotatable bonds is 4. The molecule has 2 aliphatic rings. The number of nitrogens with zero attached hydrogens (tertiary/aromatic N) is 2.